The first kappa shape index (κ1) is 15.1. The first-order valence-electron chi connectivity index (χ1n) is 6.05. The third-order valence-corrected chi connectivity index (χ3v) is 3.94. The van der Waals surface area contributed by atoms with Gasteiger partial charge in [-0.2, -0.15) is 11.8 Å². The van der Waals surface area contributed by atoms with Gasteiger partial charge in [0.1, 0.15) is 0 Å². The number of carbonyl (C=O) groups is 1. The second-order valence-corrected chi connectivity index (χ2v) is 6.50. The van der Waals surface area contributed by atoms with Crippen molar-refractivity contribution in [2.45, 2.75) is 25.5 Å². The Balaban J connectivity index is 2.34. The molecule has 0 aliphatic rings. The molecular formula is C14H22N2OS. The summed E-state index contributed by atoms with van der Waals surface area (Å²) in [5.41, 5.74) is 2.00. The number of rotatable bonds is 6. The first-order valence-corrected chi connectivity index (χ1v) is 7.28. The summed E-state index contributed by atoms with van der Waals surface area (Å²) in [5.74, 6) is -0.00231. The maximum atomic E-state index is 11.7. The van der Waals surface area contributed by atoms with Crippen molar-refractivity contribution < 1.29 is 4.79 Å². The molecule has 0 heterocycles. The van der Waals surface area contributed by atoms with Gasteiger partial charge in [0.05, 0.1) is 6.54 Å². The molecule has 0 fully saturated rings. The van der Waals surface area contributed by atoms with Crippen LogP contribution in [0.4, 0.5) is 5.69 Å². The summed E-state index contributed by atoms with van der Waals surface area (Å²) in [5, 5.41) is 6.06. The summed E-state index contributed by atoms with van der Waals surface area (Å²) in [4.78, 5) is 11.7. The normalized spacial score (nSPS) is 11.3. The van der Waals surface area contributed by atoms with Crippen molar-refractivity contribution in [1.82, 2.24) is 5.32 Å². The van der Waals surface area contributed by atoms with Gasteiger partial charge in [-0.1, -0.05) is 12.1 Å². The molecule has 0 spiro atoms. The minimum Gasteiger partial charge on any atom is -0.325 e. The van der Waals surface area contributed by atoms with E-state index in [0.29, 0.717) is 6.54 Å². The Kier molecular flexibility index (Phi) is 5.69. The van der Waals surface area contributed by atoms with E-state index in [-0.39, 0.29) is 10.7 Å². The van der Waals surface area contributed by atoms with Crippen LogP contribution in [0, 0.1) is 6.92 Å². The Labute approximate surface area is 114 Å². The molecule has 1 aromatic carbocycles. The van der Waals surface area contributed by atoms with Gasteiger partial charge in [0, 0.05) is 17.0 Å². The molecule has 18 heavy (non-hydrogen) atoms. The highest BCUT2D eigenvalue weighted by Gasteiger charge is 2.15. The molecular weight excluding hydrogens is 244 g/mol. The van der Waals surface area contributed by atoms with Gasteiger partial charge >= 0.3 is 0 Å². The van der Waals surface area contributed by atoms with Gasteiger partial charge in [0.25, 0.3) is 0 Å². The average molecular weight is 266 g/mol. The topological polar surface area (TPSA) is 41.1 Å². The number of hydrogen-bond donors (Lipinski definition) is 2. The Morgan fingerprint density at radius 3 is 2.72 bits per heavy atom. The molecule has 1 aromatic rings. The fourth-order valence-electron chi connectivity index (χ4n) is 1.48. The fourth-order valence-corrected chi connectivity index (χ4v) is 1.72. The fraction of sp³-hybridized carbons (Fsp3) is 0.500. The average Bonchev–Trinajstić information content (AvgIpc) is 2.28. The Bertz CT molecular complexity index is 405. The van der Waals surface area contributed by atoms with Crippen LogP contribution in [0.1, 0.15) is 19.4 Å². The van der Waals surface area contributed by atoms with Crippen LogP contribution >= 0.6 is 11.8 Å². The number of benzene rings is 1. The number of nitrogens with one attached hydrogen (secondary N) is 2. The Morgan fingerprint density at radius 2 is 2.11 bits per heavy atom. The number of amides is 1. The molecule has 0 aliphatic carbocycles. The lowest BCUT2D eigenvalue weighted by atomic mass is 10.2. The summed E-state index contributed by atoms with van der Waals surface area (Å²) in [6.07, 6.45) is 2.08. The highest BCUT2D eigenvalue weighted by Crippen LogP contribution is 2.19. The molecule has 4 heteroatoms. The van der Waals surface area contributed by atoms with Crippen molar-refractivity contribution in [2.75, 3.05) is 24.7 Å². The van der Waals surface area contributed by atoms with E-state index in [9.17, 15) is 4.79 Å². The number of hydrogen-bond acceptors (Lipinski definition) is 3. The van der Waals surface area contributed by atoms with Crippen molar-refractivity contribution in [3.63, 3.8) is 0 Å². The van der Waals surface area contributed by atoms with Crippen molar-refractivity contribution in [1.29, 1.82) is 0 Å². The zero-order chi connectivity index (χ0) is 13.6. The quantitative estimate of drug-likeness (QED) is 0.831. The molecule has 1 rings (SSSR count). The summed E-state index contributed by atoms with van der Waals surface area (Å²) >= 11 is 1.79. The standard InChI is InChI=1S/C14H22N2OS/c1-11-6-5-7-12(8-11)16-13(17)9-15-10-14(2,3)18-4/h5-8,15H,9-10H2,1-4H3,(H,16,17). The zero-order valence-electron chi connectivity index (χ0n) is 11.5. The Hall–Kier alpha value is -1.00. The SMILES string of the molecule is CSC(C)(C)CNCC(=O)Nc1cccc(C)c1. The minimum absolute atomic E-state index is 0.00231. The second-order valence-electron chi connectivity index (χ2n) is 4.99. The van der Waals surface area contributed by atoms with Gasteiger partial charge in [-0.05, 0) is 44.7 Å². The lowest BCUT2D eigenvalue weighted by molar-refractivity contribution is -0.115. The van der Waals surface area contributed by atoms with Crippen LogP contribution in [0.3, 0.4) is 0 Å². The van der Waals surface area contributed by atoms with Crippen molar-refractivity contribution >= 4 is 23.4 Å². The molecule has 0 radical (unpaired) electrons. The summed E-state index contributed by atoms with van der Waals surface area (Å²) in [6, 6.07) is 7.81. The van der Waals surface area contributed by atoms with E-state index in [0.717, 1.165) is 17.8 Å². The maximum Gasteiger partial charge on any atom is 0.238 e. The van der Waals surface area contributed by atoms with Crippen molar-refractivity contribution in [2.24, 2.45) is 0 Å². The monoisotopic (exact) mass is 266 g/mol. The van der Waals surface area contributed by atoms with Crippen molar-refractivity contribution in [3.8, 4) is 0 Å². The van der Waals surface area contributed by atoms with Gasteiger partial charge in [-0.25, -0.2) is 0 Å². The van der Waals surface area contributed by atoms with Crippen LogP contribution in [-0.2, 0) is 4.79 Å². The maximum absolute atomic E-state index is 11.7. The number of anilines is 1. The van der Waals surface area contributed by atoms with E-state index in [1.807, 2.05) is 31.2 Å². The van der Waals surface area contributed by atoms with Crippen LogP contribution in [0.15, 0.2) is 24.3 Å². The number of thioether (sulfide) groups is 1. The third-order valence-electron chi connectivity index (χ3n) is 2.69. The molecule has 0 bridgehead atoms. The van der Waals surface area contributed by atoms with Crippen LogP contribution in [-0.4, -0.2) is 30.0 Å². The molecule has 0 aliphatic heterocycles. The van der Waals surface area contributed by atoms with Crippen LogP contribution in [0.5, 0.6) is 0 Å². The van der Waals surface area contributed by atoms with Crippen LogP contribution in [0.25, 0.3) is 0 Å². The van der Waals surface area contributed by atoms with Gasteiger partial charge in [0.15, 0.2) is 0 Å². The third kappa shape index (κ3) is 5.56. The lowest BCUT2D eigenvalue weighted by Crippen LogP contribution is -2.37. The van der Waals surface area contributed by atoms with Gasteiger partial charge in [0.2, 0.25) is 5.91 Å². The highest BCUT2D eigenvalue weighted by molar-refractivity contribution is 7.99. The van der Waals surface area contributed by atoms with E-state index in [4.69, 9.17) is 0 Å². The molecule has 0 atom stereocenters. The second kappa shape index (κ2) is 6.81. The van der Waals surface area contributed by atoms with Gasteiger partial charge < -0.3 is 10.6 Å². The smallest absolute Gasteiger partial charge is 0.238 e. The highest BCUT2D eigenvalue weighted by atomic mass is 32.2. The Morgan fingerprint density at radius 1 is 1.39 bits per heavy atom. The predicted molar refractivity (Wildman–Crippen MR) is 80.3 cm³/mol. The molecule has 2 N–H and O–H groups in total. The number of aryl methyl sites for hydroxylation is 1. The van der Waals surface area contributed by atoms with E-state index in [2.05, 4.69) is 30.7 Å². The number of carbonyl (C=O) groups excluding carboxylic acids is 1. The van der Waals surface area contributed by atoms with Crippen molar-refractivity contribution in [3.05, 3.63) is 29.8 Å². The largest absolute Gasteiger partial charge is 0.325 e. The van der Waals surface area contributed by atoms with E-state index in [1.54, 1.807) is 11.8 Å². The minimum atomic E-state index is -0.00231. The molecule has 3 nitrogen and oxygen atoms in total. The summed E-state index contributed by atoms with van der Waals surface area (Å²) in [7, 11) is 0. The molecule has 1 amide bonds. The first-order chi connectivity index (χ1) is 8.43. The lowest BCUT2D eigenvalue weighted by Gasteiger charge is -2.22. The van der Waals surface area contributed by atoms with E-state index in [1.165, 1.54) is 0 Å². The summed E-state index contributed by atoms with van der Waals surface area (Å²) < 4.78 is 0.156. The predicted octanol–water partition coefficient (Wildman–Crippen LogP) is 2.66. The summed E-state index contributed by atoms with van der Waals surface area (Å²) in [6.45, 7) is 7.48. The van der Waals surface area contributed by atoms with E-state index >= 15 is 0 Å². The van der Waals surface area contributed by atoms with Crippen LogP contribution < -0.4 is 10.6 Å². The van der Waals surface area contributed by atoms with E-state index < -0.39 is 0 Å². The molecule has 100 valence electrons. The van der Waals surface area contributed by atoms with Gasteiger partial charge in [-0.3, -0.25) is 4.79 Å². The molecule has 0 aromatic heterocycles. The molecule has 0 saturated heterocycles. The zero-order valence-corrected chi connectivity index (χ0v) is 12.4. The van der Waals surface area contributed by atoms with Gasteiger partial charge in [-0.15, -0.1) is 0 Å². The molecule has 0 unspecified atom stereocenters. The molecule has 0 saturated carbocycles. The van der Waals surface area contributed by atoms with Crippen LogP contribution in [0.2, 0.25) is 0 Å².